The summed E-state index contributed by atoms with van der Waals surface area (Å²) in [7, 11) is -3.52. The van der Waals surface area contributed by atoms with E-state index in [4.69, 9.17) is 4.74 Å². The molecule has 1 saturated heterocycles. The molecule has 1 heterocycles. The van der Waals surface area contributed by atoms with Crippen LogP contribution in [0.3, 0.4) is 0 Å². The van der Waals surface area contributed by atoms with E-state index in [0.717, 1.165) is 36.4 Å². The largest absolute Gasteiger partial charge is 0.494 e. The van der Waals surface area contributed by atoms with Crippen LogP contribution in [-0.2, 0) is 16.4 Å². The first-order valence-corrected chi connectivity index (χ1v) is 11.8. The van der Waals surface area contributed by atoms with Crippen LogP contribution in [0.1, 0.15) is 30.5 Å². The fourth-order valence-corrected chi connectivity index (χ4v) is 5.72. The Morgan fingerprint density at radius 2 is 1.79 bits per heavy atom. The van der Waals surface area contributed by atoms with Crippen LogP contribution >= 0.6 is 0 Å². The van der Waals surface area contributed by atoms with Crippen molar-refractivity contribution in [3.63, 3.8) is 0 Å². The van der Waals surface area contributed by atoms with Crippen LogP contribution in [-0.4, -0.2) is 56.5 Å². The molecular formula is C23H32N2O3S. The molecule has 0 N–H and O–H groups in total. The Balaban J connectivity index is 1.69. The van der Waals surface area contributed by atoms with Crippen molar-refractivity contribution in [2.24, 2.45) is 0 Å². The summed E-state index contributed by atoms with van der Waals surface area (Å²) in [5, 5.41) is 0. The van der Waals surface area contributed by atoms with E-state index in [1.807, 2.05) is 32.9 Å². The SMILES string of the molecule is CCOc1cc(C)c(S(=O)(=O)N2CCN(CCc3ccccc3)C(C)C2)cc1C. The zero-order valence-electron chi connectivity index (χ0n) is 17.9. The van der Waals surface area contributed by atoms with E-state index in [2.05, 4.69) is 36.1 Å². The Bertz CT molecular complexity index is 929. The highest BCUT2D eigenvalue weighted by molar-refractivity contribution is 7.89. The lowest BCUT2D eigenvalue weighted by atomic mass is 10.1. The highest BCUT2D eigenvalue weighted by Crippen LogP contribution is 2.29. The smallest absolute Gasteiger partial charge is 0.243 e. The molecule has 0 aliphatic carbocycles. The van der Waals surface area contributed by atoms with Crippen LogP contribution in [0.25, 0.3) is 0 Å². The topological polar surface area (TPSA) is 49.9 Å². The van der Waals surface area contributed by atoms with Gasteiger partial charge in [0.05, 0.1) is 11.5 Å². The molecule has 1 aliphatic heterocycles. The van der Waals surface area contributed by atoms with Crippen LogP contribution in [0.15, 0.2) is 47.4 Å². The summed E-state index contributed by atoms with van der Waals surface area (Å²) in [6.07, 6.45) is 0.981. The van der Waals surface area contributed by atoms with E-state index in [1.165, 1.54) is 5.56 Å². The quantitative estimate of drug-likeness (QED) is 0.691. The van der Waals surface area contributed by atoms with Crippen molar-refractivity contribution in [2.45, 2.75) is 45.1 Å². The van der Waals surface area contributed by atoms with Crippen molar-refractivity contribution >= 4 is 10.0 Å². The molecule has 2 aromatic rings. The van der Waals surface area contributed by atoms with E-state index in [-0.39, 0.29) is 6.04 Å². The van der Waals surface area contributed by atoms with Gasteiger partial charge >= 0.3 is 0 Å². The maximum Gasteiger partial charge on any atom is 0.243 e. The van der Waals surface area contributed by atoms with Crippen molar-refractivity contribution in [2.75, 3.05) is 32.8 Å². The first-order valence-electron chi connectivity index (χ1n) is 10.3. The van der Waals surface area contributed by atoms with E-state index in [9.17, 15) is 8.42 Å². The predicted molar refractivity (Wildman–Crippen MR) is 117 cm³/mol. The van der Waals surface area contributed by atoms with E-state index < -0.39 is 10.0 Å². The van der Waals surface area contributed by atoms with Crippen LogP contribution in [0.5, 0.6) is 5.75 Å². The molecule has 0 radical (unpaired) electrons. The van der Waals surface area contributed by atoms with Crippen molar-refractivity contribution < 1.29 is 13.2 Å². The fourth-order valence-electron chi connectivity index (χ4n) is 3.92. The van der Waals surface area contributed by atoms with Gasteiger partial charge in [-0.05, 0) is 62.9 Å². The molecule has 1 unspecified atom stereocenters. The maximum atomic E-state index is 13.3. The first-order chi connectivity index (χ1) is 13.8. The molecule has 2 aromatic carbocycles. The molecule has 0 aromatic heterocycles. The monoisotopic (exact) mass is 416 g/mol. The average Bonchev–Trinajstić information content (AvgIpc) is 2.70. The van der Waals surface area contributed by atoms with Gasteiger partial charge in [0.25, 0.3) is 0 Å². The minimum atomic E-state index is -3.52. The lowest BCUT2D eigenvalue weighted by Crippen LogP contribution is -2.53. The molecule has 1 atom stereocenters. The van der Waals surface area contributed by atoms with Gasteiger partial charge in [-0.2, -0.15) is 4.31 Å². The Kier molecular flexibility index (Phi) is 6.98. The molecule has 0 bridgehead atoms. The van der Waals surface area contributed by atoms with Gasteiger partial charge in [0.15, 0.2) is 0 Å². The van der Waals surface area contributed by atoms with Gasteiger partial charge in [-0.3, -0.25) is 4.90 Å². The molecule has 0 spiro atoms. The molecule has 6 heteroatoms. The Hall–Kier alpha value is -1.89. The summed E-state index contributed by atoms with van der Waals surface area (Å²) in [6, 6.07) is 14.2. The van der Waals surface area contributed by atoms with Crippen LogP contribution in [0, 0.1) is 13.8 Å². The maximum absolute atomic E-state index is 13.3. The number of hydrogen-bond donors (Lipinski definition) is 0. The van der Waals surface area contributed by atoms with Crippen molar-refractivity contribution in [3.8, 4) is 5.75 Å². The molecule has 1 fully saturated rings. The Labute approximate surface area is 175 Å². The summed E-state index contributed by atoms with van der Waals surface area (Å²) < 4.78 is 33.9. The number of benzene rings is 2. The summed E-state index contributed by atoms with van der Waals surface area (Å²) in [5.74, 6) is 0.753. The number of piperazine rings is 1. The standard InChI is InChI=1S/C23H32N2O3S/c1-5-28-22-15-19(3)23(16-18(22)2)29(26,27)25-14-13-24(20(4)17-25)12-11-21-9-7-6-8-10-21/h6-10,15-16,20H,5,11-14,17H2,1-4H3. The average molecular weight is 417 g/mol. The van der Waals surface area contributed by atoms with E-state index in [1.54, 1.807) is 10.4 Å². The molecule has 0 amide bonds. The second-order valence-corrected chi connectivity index (χ2v) is 9.71. The van der Waals surface area contributed by atoms with Gasteiger partial charge in [-0.25, -0.2) is 8.42 Å². The van der Waals surface area contributed by atoms with Gasteiger partial charge in [-0.15, -0.1) is 0 Å². The molecular weight excluding hydrogens is 384 g/mol. The molecule has 5 nitrogen and oxygen atoms in total. The second kappa shape index (κ2) is 9.28. The molecule has 0 saturated carbocycles. The third-order valence-corrected chi connectivity index (χ3v) is 7.66. The number of rotatable bonds is 7. The summed E-state index contributed by atoms with van der Waals surface area (Å²) in [4.78, 5) is 2.78. The minimum absolute atomic E-state index is 0.186. The van der Waals surface area contributed by atoms with Gasteiger partial charge in [0.1, 0.15) is 5.75 Å². The number of nitrogens with zero attached hydrogens (tertiary/aromatic N) is 2. The molecule has 1 aliphatic rings. The van der Waals surface area contributed by atoms with Gasteiger partial charge in [0.2, 0.25) is 10.0 Å². The lowest BCUT2D eigenvalue weighted by molar-refractivity contribution is 0.130. The van der Waals surface area contributed by atoms with Gasteiger partial charge in [-0.1, -0.05) is 30.3 Å². The first kappa shape index (κ1) is 21.8. The van der Waals surface area contributed by atoms with E-state index >= 15 is 0 Å². The fraction of sp³-hybridized carbons (Fsp3) is 0.478. The van der Waals surface area contributed by atoms with Crippen molar-refractivity contribution in [1.29, 1.82) is 0 Å². The number of ether oxygens (including phenoxy) is 1. The Morgan fingerprint density at radius 1 is 1.07 bits per heavy atom. The zero-order chi connectivity index (χ0) is 21.0. The normalized spacial score (nSPS) is 18.7. The van der Waals surface area contributed by atoms with Gasteiger partial charge in [0, 0.05) is 32.2 Å². The third-order valence-electron chi connectivity index (χ3n) is 5.65. The third kappa shape index (κ3) is 5.00. The van der Waals surface area contributed by atoms with Crippen LogP contribution < -0.4 is 4.74 Å². The summed E-state index contributed by atoms with van der Waals surface area (Å²) in [5.41, 5.74) is 2.90. The summed E-state index contributed by atoms with van der Waals surface area (Å²) in [6.45, 7) is 11.1. The highest BCUT2D eigenvalue weighted by Gasteiger charge is 2.33. The molecule has 158 valence electrons. The minimum Gasteiger partial charge on any atom is -0.494 e. The van der Waals surface area contributed by atoms with Crippen LogP contribution in [0.4, 0.5) is 0 Å². The molecule has 29 heavy (non-hydrogen) atoms. The van der Waals surface area contributed by atoms with E-state index in [0.29, 0.717) is 24.6 Å². The predicted octanol–water partition coefficient (Wildman–Crippen LogP) is 3.64. The van der Waals surface area contributed by atoms with Crippen molar-refractivity contribution in [1.82, 2.24) is 9.21 Å². The van der Waals surface area contributed by atoms with Gasteiger partial charge < -0.3 is 4.74 Å². The number of hydrogen-bond acceptors (Lipinski definition) is 4. The Morgan fingerprint density at radius 3 is 2.45 bits per heavy atom. The summed E-state index contributed by atoms with van der Waals surface area (Å²) >= 11 is 0. The second-order valence-electron chi connectivity index (χ2n) is 7.80. The highest BCUT2D eigenvalue weighted by atomic mass is 32.2. The molecule has 3 rings (SSSR count). The number of aryl methyl sites for hydroxylation is 2. The number of sulfonamides is 1. The lowest BCUT2D eigenvalue weighted by Gasteiger charge is -2.39. The van der Waals surface area contributed by atoms with Crippen molar-refractivity contribution in [3.05, 3.63) is 59.2 Å². The van der Waals surface area contributed by atoms with Crippen LogP contribution in [0.2, 0.25) is 0 Å². The zero-order valence-corrected chi connectivity index (χ0v) is 18.7.